The Morgan fingerprint density at radius 3 is 2.83 bits per heavy atom. The van der Waals surface area contributed by atoms with E-state index in [1.54, 1.807) is 0 Å². The number of β-amino-alcohol motifs (C(OH)–C–C–N with tert-alkyl or cyclic N) is 1. The Kier molecular flexibility index (Phi) is 3.72. The van der Waals surface area contributed by atoms with Gasteiger partial charge < -0.3 is 20.9 Å². The van der Waals surface area contributed by atoms with E-state index in [-0.39, 0.29) is 11.9 Å². The van der Waals surface area contributed by atoms with Crippen LogP contribution in [-0.4, -0.2) is 35.3 Å². The van der Waals surface area contributed by atoms with Gasteiger partial charge in [-0.2, -0.15) is 0 Å². The van der Waals surface area contributed by atoms with Crippen LogP contribution in [0, 0.1) is 5.92 Å². The van der Waals surface area contributed by atoms with Gasteiger partial charge in [0, 0.05) is 24.3 Å². The lowest BCUT2D eigenvalue weighted by atomic mass is 9.95. The van der Waals surface area contributed by atoms with Crippen molar-refractivity contribution in [2.75, 3.05) is 18.0 Å². The highest BCUT2D eigenvalue weighted by Crippen LogP contribution is 2.26. The van der Waals surface area contributed by atoms with Gasteiger partial charge >= 0.3 is 0 Å². The first kappa shape index (κ1) is 12.7. The molecule has 2 unspecified atom stereocenters. The number of para-hydroxylation sites is 1. The minimum atomic E-state index is -0.334. The Morgan fingerprint density at radius 1 is 1.44 bits per heavy atom. The lowest BCUT2D eigenvalue weighted by molar-refractivity contribution is 0.103. The number of anilines is 1. The fourth-order valence-electron chi connectivity index (χ4n) is 2.29. The summed E-state index contributed by atoms with van der Waals surface area (Å²) in [5, 5.41) is 21.8. The van der Waals surface area contributed by atoms with Crippen LogP contribution in [0.15, 0.2) is 29.4 Å². The highest BCUT2D eigenvalue weighted by atomic mass is 16.4. The van der Waals surface area contributed by atoms with Gasteiger partial charge in [0.2, 0.25) is 0 Å². The van der Waals surface area contributed by atoms with Crippen LogP contribution < -0.4 is 10.6 Å². The van der Waals surface area contributed by atoms with E-state index < -0.39 is 0 Å². The second-order valence-electron chi connectivity index (χ2n) is 4.78. The quantitative estimate of drug-likeness (QED) is 0.316. The molecule has 1 aliphatic heterocycles. The van der Waals surface area contributed by atoms with Crippen LogP contribution in [-0.2, 0) is 0 Å². The zero-order valence-corrected chi connectivity index (χ0v) is 10.5. The first-order valence-corrected chi connectivity index (χ1v) is 6.13. The zero-order valence-electron chi connectivity index (χ0n) is 10.5. The maximum absolute atomic E-state index is 9.94. The van der Waals surface area contributed by atoms with Gasteiger partial charge in [0.25, 0.3) is 0 Å². The number of nitrogens with two attached hydrogens (primary N) is 1. The molecule has 0 radical (unpaired) electrons. The lowest BCUT2D eigenvalue weighted by Gasteiger charge is -2.36. The first-order chi connectivity index (χ1) is 8.63. The summed E-state index contributed by atoms with van der Waals surface area (Å²) in [7, 11) is 0. The van der Waals surface area contributed by atoms with E-state index in [4.69, 9.17) is 10.9 Å². The lowest BCUT2D eigenvalue weighted by Crippen LogP contribution is -2.43. The molecule has 1 aromatic carbocycles. The number of aliphatic hydroxyl groups is 1. The van der Waals surface area contributed by atoms with Crippen molar-refractivity contribution < 1.29 is 10.3 Å². The Morgan fingerprint density at radius 2 is 2.17 bits per heavy atom. The molecule has 2 atom stereocenters. The van der Waals surface area contributed by atoms with Crippen LogP contribution in [0.1, 0.15) is 18.9 Å². The summed E-state index contributed by atoms with van der Waals surface area (Å²) >= 11 is 0. The molecule has 5 heteroatoms. The van der Waals surface area contributed by atoms with Crippen molar-refractivity contribution in [3.63, 3.8) is 0 Å². The highest BCUT2D eigenvalue weighted by Gasteiger charge is 2.25. The third-order valence-electron chi connectivity index (χ3n) is 3.55. The van der Waals surface area contributed by atoms with Crippen LogP contribution in [0.3, 0.4) is 0 Å². The van der Waals surface area contributed by atoms with E-state index in [0.29, 0.717) is 18.0 Å². The molecular formula is C13H19N3O2. The van der Waals surface area contributed by atoms with E-state index in [0.717, 1.165) is 18.7 Å². The monoisotopic (exact) mass is 249 g/mol. The predicted octanol–water partition coefficient (Wildman–Crippen LogP) is 0.988. The van der Waals surface area contributed by atoms with Crippen molar-refractivity contribution in [3.05, 3.63) is 29.8 Å². The molecule has 0 amide bonds. The normalized spacial score (nSPS) is 25.2. The average Bonchev–Trinajstić information content (AvgIpc) is 2.41. The van der Waals surface area contributed by atoms with Gasteiger partial charge in [-0.15, -0.1) is 0 Å². The largest absolute Gasteiger partial charge is 0.409 e. The summed E-state index contributed by atoms with van der Waals surface area (Å²) in [6, 6.07) is 7.50. The smallest absolute Gasteiger partial charge is 0.172 e. The maximum Gasteiger partial charge on any atom is 0.172 e. The first-order valence-electron chi connectivity index (χ1n) is 6.13. The molecule has 1 saturated heterocycles. The standard InChI is InChI=1S/C13H19N3O2/c1-9-6-7-16(8-12(9)17)11-5-3-2-4-10(11)13(14)15-18/h2-5,9,12,17-18H,6-8H2,1H3,(H2,14,15). The molecule has 18 heavy (non-hydrogen) atoms. The number of amidine groups is 1. The molecule has 5 nitrogen and oxygen atoms in total. The van der Waals surface area contributed by atoms with Crippen molar-refractivity contribution in [2.24, 2.45) is 16.8 Å². The molecule has 98 valence electrons. The molecule has 0 aliphatic carbocycles. The van der Waals surface area contributed by atoms with Gasteiger partial charge in [0.15, 0.2) is 5.84 Å². The van der Waals surface area contributed by atoms with Crippen molar-refractivity contribution in [1.29, 1.82) is 0 Å². The average molecular weight is 249 g/mol. The van der Waals surface area contributed by atoms with E-state index in [2.05, 4.69) is 17.0 Å². The van der Waals surface area contributed by atoms with Crippen molar-refractivity contribution in [1.82, 2.24) is 0 Å². The van der Waals surface area contributed by atoms with Crippen LogP contribution in [0.5, 0.6) is 0 Å². The topological polar surface area (TPSA) is 82.1 Å². The Balaban J connectivity index is 2.28. The van der Waals surface area contributed by atoms with Crippen LogP contribution in [0.4, 0.5) is 5.69 Å². The van der Waals surface area contributed by atoms with Gasteiger partial charge in [-0.25, -0.2) is 0 Å². The predicted molar refractivity (Wildman–Crippen MR) is 71.0 cm³/mol. The second kappa shape index (κ2) is 5.27. The molecule has 1 aromatic rings. The van der Waals surface area contributed by atoms with Crippen LogP contribution in [0.25, 0.3) is 0 Å². The van der Waals surface area contributed by atoms with Crippen LogP contribution >= 0.6 is 0 Å². The molecule has 0 aromatic heterocycles. The zero-order chi connectivity index (χ0) is 13.1. The number of benzene rings is 1. The minimum absolute atomic E-state index is 0.0960. The Labute approximate surface area is 107 Å². The van der Waals surface area contributed by atoms with Crippen LogP contribution in [0.2, 0.25) is 0 Å². The molecule has 1 fully saturated rings. The summed E-state index contributed by atoms with van der Waals surface area (Å²) in [5.74, 6) is 0.413. The summed E-state index contributed by atoms with van der Waals surface area (Å²) in [6.07, 6.45) is 0.602. The SMILES string of the molecule is CC1CCN(c2ccccc2/C(N)=N/O)CC1O. The van der Waals surface area contributed by atoms with Crippen molar-refractivity contribution in [2.45, 2.75) is 19.4 Å². The van der Waals surface area contributed by atoms with E-state index in [1.165, 1.54) is 0 Å². The van der Waals surface area contributed by atoms with Gasteiger partial charge in [-0.05, 0) is 24.5 Å². The van der Waals surface area contributed by atoms with Gasteiger partial charge in [-0.1, -0.05) is 24.2 Å². The molecular weight excluding hydrogens is 230 g/mol. The minimum Gasteiger partial charge on any atom is -0.409 e. The van der Waals surface area contributed by atoms with E-state index in [1.807, 2.05) is 24.3 Å². The third-order valence-corrected chi connectivity index (χ3v) is 3.55. The van der Waals surface area contributed by atoms with Gasteiger partial charge in [0.1, 0.15) is 0 Å². The fraction of sp³-hybridized carbons (Fsp3) is 0.462. The Bertz CT molecular complexity index is 448. The maximum atomic E-state index is 9.94. The van der Waals surface area contributed by atoms with E-state index in [9.17, 15) is 5.11 Å². The summed E-state index contributed by atoms with van der Waals surface area (Å²) in [6.45, 7) is 3.50. The molecule has 0 bridgehead atoms. The highest BCUT2D eigenvalue weighted by molar-refractivity contribution is 6.02. The second-order valence-corrected chi connectivity index (χ2v) is 4.78. The summed E-state index contributed by atoms with van der Waals surface area (Å²) < 4.78 is 0. The number of oxime groups is 1. The molecule has 2 rings (SSSR count). The summed E-state index contributed by atoms with van der Waals surface area (Å²) in [5.41, 5.74) is 7.27. The number of aliphatic hydroxyl groups excluding tert-OH is 1. The molecule has 1 heterocycles. The van der Waals surface area contributed by atoms with Gasteiger partial charge in [-0.3, -0.25) is 0 Å². The number of nitrogens with zero attached hydrogens (tertiary/aromatic N) is 2. The Hall–Kier alpha value is -1.75. The number of piperidine rings is 1. The molecule has 1 aliphatic rings. The third kappa shape index (κ3) is 2.41. The number of hydrogen-bond donors (Lipinski definition) is 3. The number of rotatable bonds is 2. The van der Waals surface area contributed by atoms with Gasteiger partial charge in [0.05, 0.1) is 6.10 Å². The molecule has 0 spiro atoms. The number of hydrogen-bond acceptors (Lipinski definition) is 4. The molecule has 4 N–H and O–H groups in total. The van der Waals surface area contributed by atoms with Crippen molar-refractivity contribution in [3.8, 4) is 0 Å². The van der Waals surface area contributed by atoms with E-state index >= 15 is 0 Å². The molecule has 0 saturated carbocycles. The fourth-order valence-corrected chi connectivity index (χ4v) is 2.29. The van der Waals surface area contributed by atoms with Crippen molar-refractivity contribution >= 4 is 11.5 Å². The summed E-state index contributed by atoms with van der Waals surface area (Å²) in [4.78, 5) is 2.08.